The predicted molar refractivity (Wildman–Crippen MR) is 82.2 cm³/mol. The zero-order chi connectivity index (χ0) is 14.3. The Bertz CT molecular complexity index is 515. The highest BCUT2D eigenvalue weighted by molar-refractivity contribution is 7.18. The van der Waals surface area contributed by atoms with Crippen LogP contribution in [0, 0.1) is 5.92 Å². The Labute approximate surface area is 123 Å². The van der Waals surface area contributed by atoms with Gasteiger partial charge in [0.2, 0.25) is 0 Å². The van der Waals surface area contributed by atoms with Crippen LogP contribution in [0.4, 0.5) is 10.9 Å². The number of rotatable bonds is 4. The zero-order valence-electron chi connectivity index (χ0n) is 12.1. The number of hydrogen-bond acceptors (Lipinski definition) is 5. The summed E-state index contributed by atoms with van der Waals surface area (Å²) in [6.45, 7) is 6.20. The van der Waals surface area contributed by atoms with Crippen molar-refractivity contribution in [2.24, 2.45) is 5.92 Å². The third-order valence-corrected chi connectivity index (χ3v) is 5.39. The summed E-state index contributed by atoms with van der Waals surface area (Å²) in [6.07, 6.45) is 4.78. The van der Waals surface area contributed by atoms with Crippen molar-refractivity contribution in [2.75, 3.05) is 23.7 Å². The largest absolute Gasteiger partial charge is 0.382 e. The fourth-order valence-electron chi connectivity index (χ4n) is 2.78. The van der Waals surface area contributed by atoms with Crippen molar-refractivity contribution in [1.29, 1.82) is 0 Å². The average Bonchev–Trinajstić information content (AvgIpc) is 2.97. The summed E-state index contributed by atoms with van der Waals surface area (Å²) in [5.74, 6) is 0.877. The van der Waals surface area contributed by atoms with Crippen LogP contribution >= 0.6 is 11.3 Å². The number of carbonyl (C=O) groups is 1. The van der Waals surface area contributed by atoms with Gasteiger partial charge in [-0.25, -0.2) is 4.98 Å². The van der Waals surface area contributed by atoms with E-state index in [0.717, 1.165) is 18.2 Å². The number of amides is 1. The molecule has 20 heavy (non-hydrogen) atoms. The zero-order valence-corrected chi connectivity index (χ0v) is 12.9. The second kappa shape index (κ2) is 4.91. The lowest BCUT2D eigenvalue weighted by Crippen LogP contribution is -2.45. The Morgan fingerprint density at radius 1 is 1.40 bits per heavy atom. The van der Waals surface area contributed by atoms with E-state index in [1.54, 1.807) is 0 Å². The van der Waals surface area contributed by atoms with E-state index in [4.69, 9.17) is 5.73 Å². The van der Waals surface area contributed by atoms with Crippen LogP contribution in [0.25, 0.3) is 0 Å². The lowest BCUT2D eigenvalue weighted by Gasteiger charge is -2.25. The van der Waals surface area contributed by atoms with Gasteiger partial charge < -0.3 is 16.0 Å². The summed E-state index contributed by atoms with van der Waals surface area (Å²) < 4.78 is 0. The maximum atomic E-state index is 12.4. The van der Waals surface area contributed by atoms with Crippen LogP contribution in [-0.2, 0) is 0 Å². The van der Waals surface area contributed by atoms with Crippen molar-refractivity contribution >= 4 is 28.2 Å². The molecule has 3 N–H and O–H groups in total. The van der Waals surface area contributed by atoms with Crippen molar-refractivity contribution in [3.8, 4) is 0 Å². The van der Waals surface area contributed by atoms with Crippen molar-refractivity contribution in [3.63, 3.8) is 0 Å². The smallest absolute Gasteiger partial charge is 0.265 e. The van der Waals surface area contributed by atoms with Gasteiger partial charge in [-0.1, -0.05) is 11.3 Å². The third kappa shape index (κ3) is 2.61. The summed E-state index contributed by atoms with van der Waals surface area (Å²) in [5, 5.41) is 4.00. The first-order valence-corrected chi connectivity index (χ1v) is 8.13. The topological polar surface area (TPSA) is 71.2 Å². The molecule has 3 rings (SSSR count). The molecule has 1 amide bonds. The van der Waals surface area contributed by atoms with Gasteiger partial charge in [-0.2, -0.15) is 0 Å². The maximum absolute atomic E-state index is 12.4. The first-order valence-electron chi connectivity index (χ1n) is 7.31. The quantitative estimate of drug-likeness (QED) is 0.893. The van der Waals surface area contributed by atoms with E-state index in [-0.39, 0.29) is 11.4 Å². The molecule has 0 unspecified atom stereocenters. The van der Waals surface area contributed by atoms with Gasteiger partial charge in [-0.15, -0.1) is 0 Å². The first kappa shape index (κ1) is 13.7. The molecule has 2 fully saturated rings. The Morgan fingerprint density at radius 2 is 2.05 bits per heavy atom. The predicted octanol–water partition coefficient (Wildman–Crippen LogP) is 2.24. The van der Waals surface area contributed by atoms with E-state index in [1.807, 2.05) is 0 Å². The van der Waals surface area contributed by atoms with E-state index in [1.165, 1.54) is 37.0 Å². The van der Waals surface area contributed by atoms with Gasteiger partial charge in [0.1, 0.15) is 10.7 Å². The molecule has 0 bridgehead atoms. The molecule has 110 valence electrons. The standard InChI is InChI=1S/C14H22N4OS/c1-14(2,9-5-6-9)17-12(19)10-11(15)16-13(20-10)18-7-3-4-8-18/h9H,3-8,15H2,1-2H3,(H,17,19). The molecular formula is C14H22N4OS. The molecule has 2 heterocycles. The van der Waals surface area contributed by atoms with Crippen LogP contribution in [0.2, 0.25) is 0 Å². The highest BCUT2D eigenvalue weighted by Crippen LogP contribution is 2.39. The lowest BCUT2D eigenvalue weighted by atomic mass is 9.99. The fourth-order valence-corrected chi connectivity index (χ4v) is 3.72. The van der Waals surface area contributed by atoms with E-state index in [9.17, 15) is 4.79 Å². The summed E-state index contributed by atoms with van der Waals surface area (Å²) in [7, 11) is 0. The van der Waals surface area contributed by atoms with Crippen LogP contribution in [0.15, 0.2) is 0 Å². The van der Waals surface area contributed by atoms with Crippen LogP contribution in [0.1, 0.15) is 49.2 Å². The number of nitrogens with one attached hydrogen (secondary N) is 1. The molecule has 0 atom stereocenters. The molecule has 1 saturated heterocycles. The maximum Gasteiger partial charge on any atom is 0.265 e. The fraction of sp³-hybridized carbons (Fsp3) is 0.714. The highest BCUT2D eigenvalue weighted by atomic mass is 32.1. The molecule has 5 nitrogen and oxygen atoms in total. The van der Waals surface area contributed by atoms with Gasteiger partial charge >= 0.3 is 0 Å². The Hall–Kier alpha value is -1.30. The van der Waals surface area contributed by atoms with Gasteiger partial charge in [0.25, 0.3) is 5.91 Å². The number of thiazole rings is 1. The van der Waals surface area contributed by atoms with Gasteiger partial charge in [-0.05, 0) is 45.4 Å². The molecule has 1 saturated carbocycles. The average molecular weight is 294 g/mol. The van der Waals surface area contributed by atoms with Gasteiger partial charge in [0.15, 0.2) is 5.13 Å². The number of nitrogen functional groups attached to an aromatic ring is 1. The molecule has 1 aromatic heterocycles. The van der Waals surface area contributed by atoms with Gasteiger partial charge in [0.05, 0.1) is 0 Å². The van der Waals surface area contributed by atoms with Crippen LogP contribution in [0.5, 0.6) is 0 Å². The van der Waals surface area contributed by atoms with Crippen LogP contribution in [0.3, 0.4) is 0 Å². The van der Waals surface area contributed by atoms with Gasteiger partial charge in [0, 0.05) is 18.6 Å². The molecular weight excluding hydrogens is 272 g/mol. The minimum Gasteiger partial charge on any atom is -0.382 e. The summed E-state index contributed by atoms with van der Waals surface area (Å²) >= 11 is 1.42. The van der Waals surface area contributed by atoms with E-state index >= 15 is 0 Å². The minimum absolute atomic E-state index is 0.0812. The Kier molecular flexibility index (Phi) is 3.36. The molecule has 1 aliphatic carbocycles. The third-order valence-electron chi connectivity index (χ3n) is 4.26. The highest BCUT2D eigenvalue weighted by Gasteiger charge is 2.39. The lowest BCUT2D eigenvalue weighted by molar-refractivity contribution is 0.0908. The normalized spacial score (nSPS) is 19.4. The van der Waals surface area contributed by atoms with Crippen molar-refractivity contribution < 1.29 is 4.79 Å². The molecule has 1 aliphatic heterocycles. The summed E-state index contributed by atoms with van der Waals surface area (Å²) in [4.78, 5) is 19.5. The molecule has 1 aromatic rings. The van der Waals surface area contributed by atoms with E-state index in [0.29, 0.717) is 16.6 Å². The molecule has 0 aromatic carbocycles. The number of carbonyl (C=O) groups excluding carboxylic acids is 1. The van der Waals surface area contributed by atoms with Crippen LogP contribution < -0.4 is 16.0 Å². The first-order chi connectivity index (χ1) is 9.47. The number of anilines is 2. The SMILES string of the molecule is CC(C)(NC(=O)c1sc(N2CCCC2)nc1N)C1CC1. The number of hydrogen-bond donors (Lipinski definition) is 2. The Morgan fingerprint density at radius 3 is 2.65 bits per heavy atom. The molecule has 2 aliphatic rings. The van der Waals surface area contributed by atoms with Crippen molar-refractivity contribution in [1.82, 2.24) is 10.3 Å². The second-order valence-corrected chi connectivity index (χ2v) is 7.33. The molecule has 0 radical (unpaired) electrons. The number of aromatic nitrogens is 1. The summed E-state index contributed by atoms with van der Waals surface area (Å²) in [6, 6.07) is 0. The van der Waals surface area contributed by atoms with Crippen molar-refractivity contribution in [2.45, 2.75) is 45.1 Å². The number of nitrogens with zero attached hydrogens (tertiary/aromatic N) is 2. The minimum atomic E-state index is -0.151. The Balaban J connectivity index is 1.74. The monoisotopic (exact) mass is 294 g/mol. The van der Waals surface area contributed by atoms with Gasteiger partial charge in [-0.3, -0.25) is 4.79 Å². The number of nitrogens with two attached hydrogens (primary N) is 1. The van der Waals surface area contributed by atoms with E-state index < -0.39 is 0 Å². The van der Waals surface area contributed by atoms with E-state index in [2.05, 4.69) is 29.0 Å². The summed E-state index contributed by atoms with van der Waals surface area (Å²) in [5.41, 5.74) is 5.78. The molecule has 6 heteroatoms. The molecule has 0 spiro atoms. The van der Waals surface area contributed by atoms with Crippen molar-refractivity contribution in [3.05, 3.63) is 4.88 Å². The second-order valence-electron chi connectivity index (χ2n) is 6.36. The van der Waals surface area contributed by atoms with Crippen LogP contribution in [-0.4, -0.2) is 29.5 Å².